The van der Waals surface area contributed by atoms with E-state index in [-0.39, 0.29) is 5.57 Å². The standard InChI is InChI=1S/C19H18ClNO3/c1-13(2)9-10-23-19(22)15(12-21)11-17-7-8-18(24-17)14-3-5-16(20)6-4-14/h3-8,11,13H,9-10H2,1-2H3. The van der Waals surface area contributed by atoms with E-state index in [2.05, 4.69) is 0 Å². The van der Waals surface area contributed by atoms with E-state index in [4.69, 9.17) is 26.0 Å². The summed E-state index contributed by atoms with van der Waals surface area (Å²) in [5.74, 6) is 0.836. The lowest BCUT2D eigenvalue weighted by Crippen LogP contribution is -2.09. The minimum absolute atomic E-state index is 0.0873. The molecule has 0 amide bonds. The van der Waals surface area contributed by atoms with Crippen LogP contribution >= 0.6 is 11.6 Å². The molecule has 0 atom stereocenters. The molecule has 0 radical (unpaired) electrons. The Morgan fingerprint density at radius 3 is 2.62 bits per heavy atom. The van der Waals surface area contributed by atoms with Gasteiger partial charge >= 0.3 is 5.97 Å². The van der Waals surface area contributed by atoms with Crippen molar-refractivity contribution in [3.8, 4) is 17.4 Å². The van der Waals surface area contributed by atoms with Crippen molar-refractivity contribution in [2.24, 2.45) is 5.92 Å². The number of nitriles is 1. The van der Waals surface area contributed by atoms with E-state index in [1.807, 2.05) is 32.0 Å². The van der Waals surface area contributed by atoms with Crippen molar-refractivity contribution >= 4 is 23.6 Å². The lowest BCUT2D eigenvalue weighted by Gasteiger charge is -2.05. The summed E-state index contributed by atoms with van der Waals surface area (Å²) in [6.45, 7) is 4.37. The quantitative estimate of drug-likeness (QED) is 0.416. The first-order chi connectivity index (χ1) is 11.5. The monoisotopic (exact) mass is 343 g/mol. The maximum Gasteiger partial charge on any atom is 0.349 e. The van der Waals surface area contributed by atoms with Crippen LogP contribution in [0.15, 0.2) is 46.4 Å². The van der Waals surface area contributed by atoms with Crippen LogP contribution in [0.25, 0.3) is 17.4 Å². The highest BCUT2D eigenvalue weighted by molar-refractivity contribution is 6.30. The normalized spacial score (nSPS) is 11.4. The van der Waals surface area contributed by atoms with Gasteiger partial charge < -0.3 is 9.15 Å². The molecule has 1 heterocycles. The van der Waals surface area contributed by atoms with Gasteiger partial charge in [-0.15, -0.1) is 0 Å². The number of furan rings is 1. The van der Waals surface area contributed by atoms with E-state index in [1.54, 1.807) is 24.3 Å². The first-order valence-electron chi connectivity index (χ1n) is 7.64. The SMILES string of the molecule is CC(C)CCOC(=O)C(C#N)=Cc1ccc(-c2ccc(Cl)cc2)o1. The van der Waals surface area contributed by atoms with Crippen molar-refractivity contribution in [1.82, 2.24) is 0 Å². The zero-order valence-corrected chi connectivity index (χ0v) is 14.3. The van der Waals surface area contributed by atoms with E-state index in [9.17, 15) is 4.79 Å². The Balaban J connectivity index is 2.10. The molecule has 2 aromatic rings. The van der Waals surface area contributed by atoms with Gasteiger partial charge in [0, 0.05) is 16.7 Å². The molecular weight excluding hydrogens is 326 g/mol. The number of esters is 1. The van der Waals surface area contributed by atoms with Crippen molar-refractivity contribution in [1.29, 1.82) is 5.26 Å². The number of rotatable bonds is 6. The second-order valence-electron chi connectivity index (χ2n) is 5.70. The summed E-state index contributed by atoms with van der Waals surface area (Å²) in [5.41, 5.74) is 0.771. The van der Waals surface area contributed by atoms with Crippen LogP contribution in [0.5, 0.6) is 0 Å². The second-order valence-corrected chi connectivity index (χ2v) is 6.13. The number of nitrogens with zero attached hydrogens (tertiary/aromatic N) is 1. The zero-order chi connectivity index (χ0) is 17.5. The molecule has 2 rings (SSSR count). The topological polar surface area (TPSA) is 63.2 Å². The highest BCUT2D eigenvalue weighted by atomic mass is 35.5. The van der Waals surface area contributed by atoms with Gasteiger partial charge in [-0.1, -0.05) is 25.4 Å². The zero-order valence-electron chi connectivity index (χ0n) is 13.6. The largest absolute Gasteiger partial charge is 0.462 e. The van der Waals surface area contributed by atoms with Gasteiger partial charge in [0.25, 0.3) is 0 Å². The molecule has 0 spiro atoms. The summed E-state index contributed by atoms with van der Waals surface area (Å²) in [6, 6.07) is 12.5. The van der Waals surface area contributed by atoms with Crippen molar-refractivity contribution in [3.63, 3.8) is 0 Å². The second kappa shape index (κ2) is 8.37. The molecule has 0 saturated carbocycles. The molecule has 0 unspecified atom stereocenters. The van der Waals surface area contributed by atoms with Crippen LogP contribution in [0, 0.1) is 17.2 Å². The number of ether oxygens (including phenoxy) is 1. The molecular formula is C19H18ClNO3. The van der Waals surface area contributed by atoms with Gasteiger partial charge in [-0.05, 0) is 48.7 Å². The Morgan fingerprint density at radius 1 is 1.29 bits per heavy atom. The molecule has 0 aliphatic carbocycles. The van der Waals surface area contributed by atoms with E-state index in [1.165, 1.54) is 6.08 Å². The van der Waals surface area contributed by atoms with Crippen molar-refractivity contribution in [3.05, 3.63) is 52.8 Å². The van der Waals surface area contributed by atoms with Crippen molar-refractivity contribution in [2.45, 2.75) is 20.3 Å². The summed E-state index contributed by atoms with van der Waals surface area (Å²) in [6.07, 6.45) is 2.14. The number of carbonyl (C=O) groups is 1. The van der Waals surface area contributed by atoms with Gasteiger partial charge in [0.15, 0.2) is 0 Å². The Morgan fingerprint density at radius 2 is 2.00 bits per heavy atom. The summed E-state index contributed by atoms with van der Waals surface area (Å²) in [7, 11) is 0. The van der Waals surface area contributed by atoms with Crippen LogP contribution in [0.3, 0.4) is 0 Å². The maximum absolute atomic E-state index is 11.9. The minimum Gasteiger partial charge on any atom is -0.462 e. The van der Waals surface area contributed by atoms with Crippen LogP contribution in [0.2, 0.25) is 5.02 Å². The molecule has 0 saturated heterocycles. The Labute approximate surface area is 146 Å². The first kappa shape index (κ1) is 17.8. The predicted molar refractivity (Wildman–Crippen MR) is 93.2 cm³/mol. The Bertz CT molecular complexity index is 767. The molecule has 1 aromatic heterocycles. The average molecular weight is 344 g/mol. The van der Waals surface area contributed by atoms with Crippen molar-refractivity contribution < 1.29 is 13.9 Å². The van der Waals surface area contributed by atoms with Crippen LogP contribution < -0.4 is 0 Å². The molecule has 24 heavy (non-hydrogen) atoms. The summed E-state index contributed by atoms with van der Waals surface area (Å²) >= 11 is 5.86. The number of carbonyl (C=O) groups excluding carboxylic acids is 1. The molecule has 0 aliphatic heterocycles. The van der Waals surface area contributed by atoms with Crippen LogP contribution in [-0.2, 0) is 9.53 Å². The molecule has 0 bridgehead atoms. The highest BCUT2D eigenvalue weighted by Gasteiger charge is 2.12. The van der Waals surface area contributed by atoms with Gasteiger partial charge in [0.05, 0.1) is 6.61 Å². The third-order valence-corrected chi connectivity index (χ3v) is 3.56. The maximum atomic E-state index is 11.9. The highest BCUT2D eigenvalue weighted by Crippen LogP contribution is 2.25. The van der Waals surface area contributed by atoms with Gasteiger partial charge in [0.1, 0.15) is 23.2 Å². The first-order valence-corrected chi connectivity index (χ1v) is 8.02. The molecule has 124 valence electrons. The van der Waals surface area contributed by atoms with Gasteiger partial charge in [-0.2, -0.15) is 5.26 Å². The third-order valence-electron chi connectivity index (χ3n) is 3.31. The van der Waals surface area contributed by atoms with Crippen LogP contribution in [0.4, 0.5) is 0 Å². The van der Waals surface area contributed by atoms with E-state index >= 15 is 0 Å². The Hall–Kier alpha value is -2.51. The number of halogens is 1. The number of hydrogen-bond acceptors (Lipinski definition) is 4. The summed E-state index contributed by atoms with van der Waals surface area (Å²) in [4.78, 5) is 11.9. The van der Waals surface area contributed by atoms with Crippen LogP contribution in [0.1, 0.15) is 26.0 Å². The van der Waals surface area contributed by atoms with Crippen molar-refractivity contribution in [2.75, 3.05) is 6.61 Å². The number of hydrogen-bond donors (Lipinski definition) is 0. The third kappa shape index (κ3) is 5.00. The smallest absolute Gasteiger partial charge is 0.349 e. The van der Waals surface area contributed by atoms with E-state index in [0.717, 1.165) is 12.0 Å². The average Bonchev–Trinajstić information content (AvgIpc) is 3.01. The minimum atomic E-state index is -0.636. The molecule has 0 aliphatic rings. The van der Waals surface area contributed by atoms with Gasteiger partial charge in [-0.25, -0.2) is 4.79 Å². The lowest BCUT2D eigenvalue weighted by molar-refractivity contribution is -0.138. The fraction of sp³-hybridized carbons (Fsp3) is 0.263. The Kier molecular flexibility index (Phi) is 6.22. The molecule has 4 nitrogen and oxygen atoms in total. The van der Waals surface area contributed by atoms with Gasteiger partial charge in [0.2, 0.25) is 0 Å². The van der Waals surface area contributed by atoms with E-state index < -0.39 is 5.97 Å². The summed E-state index contributed by atoms with van der Waals surface area (Å²) in [5, 5.41) is 9.79. The lowest BCUT2D eigenvalue weighted by atomic mass is 10.1. The van der Waals surface area contributed by atoms with Gasteiger partial charge in [-0.3, -0.25) is 0 Å². The molecule has 0 fully saturated rings. The molecule has 5 heteroatoms. The van der Waals surface area contributed by atoms with E-state index in [0.29, 0.717) is 29.1 Å². The molecule has 1 aromatic carbocycles. The van der Waals surface area contributed by atoms with Crippen LogP contribution in [-0.4, -0.2) is 12.6 Å². The fourth-order valence-electron chi connectivity index (χ4n) is 1.94. The molecule has 0 N–H and O–H groups in total. The number of benzene rings is 1. The fourth-order valence-corrected chi connectivity index (χ4v) is 2.07. The predicted octanol–water partition coefficient (Wildman–Crippen LogP) is 5.10. The summed E-state index contributed by atoms with van der Waals surface area (Å²) < 4.78 is 10.8.